The Labute approximate surface area is 167 Å². The van der Waals surface area contributed by atoms with E-state index in [0.29, 0.717) is 42.8 Å². The second-order valence-electron chi connectivity index (χ2n) is 6.15. The van der Waals surface area contributed by atoms with Crippen LogP contribution >= 0.6 is 12.2 Å². The number of nitrogens with one attached hydrogen (secondary N) is 2. The summed E-state index contributed by atoms with van der Waals surface area (Å²) in [5, 5.41) is 6.60. The van der Waals surface area contributed by atoms with Gasteiger partial charge in [0.25, 0.3) is 0 Å². The Hall–Kier alpha value is -1.42. The maximum atomic E-state index is 13.0. The van der Waals surface area contributed by atoms with E-state index < -0.39 is 10.0 Å². The third kappa shape index (κ3) is 5.78. The lowest BCUT2D eigenvalue weighted by Gasteiger charge is -2.21. The summed E-state index contributed by atoms with van der Waals surface area (Å²) in [6.07, 6.45) is 2.26. The van der Waals surface area contributed by atoms with E-state index in [2.05, 4.69) is 10.6 Å². The molecular weight excluding hydrogens is 386 g/mol. The van der Waals surface area contributed by atoms with Crippen molar-refractivity contribution in [1.82, 2.24) is 9.62 Å². The Bertz CT molecular complexity index is 730. The van der Waals surface area contributed by atoms with Gasteiger partial charge in [0, 0.05) is 31.9 Å². The largest absolute Gasteiger partial charge is 0.492 e. The van der Waals surface area contributed by atoms with E-state index in [1.54, 1.807) is 18.2 Å². The summed E-state index contributed by atoms with van der Waals surface area (Å²) in [5.74, 6) is 0.341. The lowest BCUT2D eigenvalue weighted by atomic mass is 10.2. The van der Waals surface area contributed by atoms with Crippen molar-refractivity contribution >= 4 is 33.0 Å². The first-order valence-corrected chi connectivity index (χ1v) is 11.2. The molecule has 1 aliphatic rings. The Morgan fingerprint density at radius 2 is 2.07 bits per heavy atom. The van der Waals surface area contributed by atoms with Crippen molar-refractivity contribution in [3.8, 4) is 5.75 Å². The highest BCUT2D eigenvalue weighted by atomic mass is 32.2. The van der Waals surface area contributed by atoms with Gasteiger partial charge in [0.15, 0.2) is 5.11 Å². The van der Waals surface area contributed by atoms with Crippen LogP contribution in [0.4, 0.5) is 5.69 Å². The van der Waals surface area contributed by atoms with Crippen LogP contribution in [0.3, 0.4) is 0 Å². The molecule has 0 spiro atoms. The van der Waals surface area contributed by atoms with Crippen LogP contribution in [0, 0.1) is 0 Å². The fourth-order valence-corrected chi connectivity index (χ4v) is 4.77. The van der Waals surface area contributed by atoms with Crippen LogP contribution in [0.2, 0.25) is 0 Å². The lowest BCUT2D eigenvalue weighted by molar-refractivity contribution is 0.114. The fourth-order valence-electron chi connectivity index (χ4n) is 2.95. The van der Waals surface area contributed by atoms with Crippen LogP contribution < -0.4 is 15.4 Å². The molecule has 1 aliphatic heterocycles. The highest BCUT2D eigenvalue weighted by Gasteiger charge is 2.26. The second kappa shape index (κ2) is 10.2. The summed E-state index contributed by atoms with van der Waals surface area (Å²) in [4.78, 5) is 0.139. The summed E-state index contributed by atoms with van der Waals surface area (Å²) in [6.45, 7) is 8.04. The van der Waals surface area contributed by atoms with E-state index in [9.17, 15) is 8.42 Å². The van der Waals surface area contributed by atoms with Gasteiger partial charge in [-0.1, -0.05) is 13.8 Å². The van der Waals surface area contributed by atoms with Crippen molar-refractivity contribution in [2.75, 3.05) is 38.2 Å². The van der Waals surface area contributed by atoms with E-state index >= 15 is 0 Å². The van der Waals surface area contributed by atoms with Gasteiger partial charge >= 0.3 is 0 Å². The molecule has 7 nitrogen and oxygen atoms in total. The van der Waals surface area contributed by atoms with Crippen molar-refractivity contribution in [2.24, 2.45) is 0 Å². The topological polar surface area (TPSA) is 79.9 Å². The first kappa shape index (κ1) is 21.9. The number of nitrogens with zero attached hydrogens (tertiary/aromatic N) is 1. The van der Waals surface area contributed by atoms with Crippen molar-refractivity contribution < 1.29 is 17.9 Å². The molecule has 1 aromatic carbocycles. The number of hydrogen-bond acceptors (Lipinski definition) is 5. The number of benzene rings is 1. The Morgan fingerprint density at radius 1 is 1.33 bits per heavy atom. The van der Waals surface area contributed by atoms with E-state index in [0.717, 1.165) is 19.4 Å². The Morgan fingerprint density at radius 3 is 2.67 bits per heavy atom. The maximum absolute atomic E-state index is 13.0. The molecule has 1 aromatic rings. The molecular formula is C18H29N3O4S2. The molecule has 27 heavy (non-hydrogen) atoms. The van der Waals surface area contributed by atoms with Gasteiger partial charge in [-0.2, -0.15) is 4.31 Å². The number of ether oxygens (including phenoxy) is 2. The number of sulfonamides is 1. The van der Waals surface area contributed by atoms with Gasteiger partial charge in [-0.05, 0) is 50.2 Å². The number of anilines is 1. The fraction of sp³-hybridized carbons (Fsp3) is 0.611. The normalized spacial score (nSPS) is 17.1. The summed E-state index contributed by atoms with van der Waals surface area (Å²) in [5.41, 5.74) is 0.592. The Kier molecular flexibility index (Phi) is 8.28. The van der Waals surface area contributed by atoms with E-state index in [1.165, 1.54) is 4.31 Å². The molecule has 1 saturated heterocycles. The first-order valence-electron chi connectivity index (χ1n) is 9.35. The molecule has 0 radical (unpaired) electrons. The molecule has 1 atom stereocenters. The molecule has 0 unspecified atom stereocenters. The van der Waals surface area contributed by atoms with Crippen LogP contribution in [-0.2, 0) is 14.8 Å². The van der Waals surface area contributed by atoms with Gasteiger partial charge in [-0.15, -0.1) is 0 Å². The second-order valence-corrected chi connectivity index (χ2v) is 8.47. The number of rotatable bonds is 9. The van der Waals surface area contributed by atoms with Crippen molar-refractivity contribution in [1.29, 1.82) is 0 Å². The Balaban J connectivity index is 2.17. The van der Waals surface area contributed by atoms with Crippen molar-refractivity contribution in [3.63, 3.8) is 0 Å². The molecule has 0 bridgehead atoms. The highest BCUT2D eigenvalue weighted by molar-refractivity contribution is 7.89. The monoisotopic (exact) mass is 415 g/mol. The predicted octanol–water partition coefficient (Wildman–Crippen LogP) is 2.58. The molecule has 1 heterocycles. The molecule has 9 heteroatoms. The molecule has 0 aliphatic carbocycles. The average Bonchev–Trinajstić information content (AvgIpc) is 3.16. The van der Waals surface area contributed by atoms with Gasteiger partial charge in [-0.25, -0.2) is 8.42 Å². The van der Waals surface area contributed by atoms with Crippen LogP contribution in [0.1, 0.15) is 33.6 Å². The van der Waals surface area contributed by atoms with Gasteiger partial charge in [0.1, 0.15) is 10.6 Å². The minimum Gasteiger partial charge on any atom is -0.492 e. The third-order valence-electron chi connectivity index (χ3n) is 4.34. The zero-order valence-electron chi connectivity index (χ0n) is 16.2. The molecule has 0 amide bonds. The average molecular weight is 416 g/mol. The summed E-state index contributed by atoms with van der Waals surface area (Å²) >= 11 is 5.32. The van der Waals surface area contributed by atoms with E-state index in [4.69, 9.17) is 21.7 Å². The number of hydrogen-bond donors (Lipinski definition) is 2. The minimum absolute atomic E-state index is 0.139. The zero-order chi connectivity index (χ0) is 19.9. The number of thiocarbonyl (C=S) groups is 1. The van der Waals surface area contributed by atoms with Gasteiger partial charge in [0.05, 0.1) is 12.7 Å². The molecule has 0 aromatic heterocycles. The molecule has 1 fully saturated rings. The van der Waals surface area contributed by atoms with Crippen LogP contribution in [0.15, 0.2) is 23.1 Å². The predicted molar refractivity (Wildman–Crippen MR) is 111 cm³/mol. The summed E-state index contributed by atoms with van der Waals surface area (Å²) < 4.78 is 38.5. The van der Waals surface area contributed by atoms with Crippen LogP contribution in [0.5, 0.6) is 5.75 Å². The van der Waals surface area contributed by atoms with Crippen LogP contribution in [0.25, 0.3) is 0 Å². The van der Waals surface area contributed by atoms with Crippen molar-refractivity contribution in [3.05, 3.63) is 18.2 Å². The lowest BCUT2D eigenvalue weighted by Crippen LogP contribution is -2.35. The van der Waals surface area contributed by atoms with Gasteiger partial charge < -0.3 is 20.1 Å². The quantitative estimate of drug-likeness (QED) is 0.600. The zero-order valence-corrected chi connectivity index (χ0v) is 17.8. The maximum Gasteiger partial charge on any atom is 0.246 e. The van der Waals surface area contributed by atoms with Gasteiger partial charge in [-0.3, -0.25) is 0 Å². The standard InChI is InChI=1S/C18H29N3O4S2/c1-4-21(5-2)27(22,23)17-12-14(9-10-16(17)24-6-3)20-18(26)19-13-15-8-7-11-25-15/h9-10,12,15H,4-8,11,13H2,1-3H3,(H2,19,20,26)/t15-/m0/s1. The molecule has 2 rings (SSSR count). The van der Waals surface area contributed by atoms with Crippen LogP contribution in [-0.4, -0.2) is 56.8 Å². The molecule has 152 valence electrons. The van der Waals surface area contributed by atoms with E-state index in [1.807, 2.05) is 20.8 Å². The molecule has 2 N–H and O–H groups in total. The first-order chi connectivity index (χ1) is 12.9. The van der Waals surface area contributed by atoms with Gasteiger partial charge in [0.2, 0.25) is 10.0 Å². The smallest absolute Gasteiger partial charge is 0.246 e. The SMILES string of the molecule is CCOc1ccc(NC(=S)NC[C@@H]2CCCO2)cc1S(=O)(=O)N(CC)CC. The highest BCUT2D eigenvalue weighted by Crippen LogP contribution is 2.30. The third-order valence-corrected chi connectivity index (χ3v) is 6.66. The summed E-state index contributed by atoms with van der Waals surface area (Å²) in [6, 6.07) is 4.98. The van der Waals surface area contributed by atoms with E-state index in [-0.39, 0.29) is 11.0 Å². The molecule has 0 saturated carbocycles. The van der Waals surface area contributed by atoms with Crippen molar-refractivity contribution in [2.45, 2.75) is 44.6 Å². The summed E-state index contributed by atoms with van der Waals surface area (Å²) in [7, 11) is -3.65. The minimum atomic E-state index is -3.65.